The molecule has 0 aromatic carbocycles. The molecule has 1 aliphatic rings. The van der Waals surface area contributed by atoms with Crippen LogP contribution in [0.15, 0.2) is 4.99 Å². The first-order valence-electron chi connectivity index (χ1n) is 4.28. The molecule has 3 heteroatoms. The summed E-state index contributed by atoms with van der Waals surface area (Å²) in [4.78, 5) is 4.42. The average Bonchev–Trinajstić information content (AvgIpc) is 2.33. The number of rotatable bonds is 2. The molecule has 0 radical (unpaired) electrons. The maximum Gasteiger partial charge on any atom is 0.191 e. The predicted octanol–water partition coefficient (Wildman–Crippen LogP) is 2.46. The standard InChI is InChI=1S/C9H16ClNO/c1-6-7(2)12-8(11-6)9(3,4)5-10/h6-7H,5H2,1-4H3. The topological polar surface area (TPSA) is 21.6 Å². The van der Waals surface area contributed by atoms with Crippen LogP contribution in [0, 0.1) is 5.41 Å². The van der Waals surface area contributed by atoms with Crippen molar-refractivity contribution >= 4 is 17.5 Å². The van der Waals surface area contributed by atoms with Crippen molar-refractivity contribution in [3.8, 4) is 0 Å². The minimum atomic E-state index is -0.124. The van der Waals surface area contributed by atoms with Gasteiger partial charge in [0.2, 0.25) is 0 Å². The van der Waals surface area contributed by atoms with Gasteiger partial charge in [-0.2, -0.15) is 0 Å². The summed E-state index contributed by atoms with van der Waals surface area (Å²) in [6.45, 7) is 8.18. The number of hydrogen-bond donors (Lipinski definition) is 0. The zero-order valence-corrected chi connectivity index (χ0v) is 8.85. The summed E-state index contributed by atoms with van der Waals surface area (Å²) >= 11 is 5.81. The number of halogens is 1. The largest absolute Gasteiger partial charge is 0.475 e. The van der Waals surface area contributed by atoms with Crippen LogP contribution >= 0.6 is 11.6 Å². The van der Waals surface area contributed by atoms with Crippen molar-refractivity contribution in [2.45, 2.75) is 39.8 Å². The van der Waals surface area contributed by atoms with Gasteiger partial charge in [0, 0.05) is 5.88 Å². The van der Waals surface area contributed by atoms with Crippen molar-refractivity contribution in [3.05, 3.63) is 0 Å². The fourth-order valence-corrected chi connectivity index (χ4v) is 1.10. The fourth-order valence-electron chi connectivity index (χ4n) is 0.986. The van der Waals surface area contributed by atoms with E-state index in [2.05, 4.69) is 11.9 Å². The Hall–Kier alpha value is -0.240. The van der Waals surface area contributed by atoms with Gasteiger partial charge in [-0.1, -0.05) is 0 Å². The van der Waals surface area contributed by atoms with Crippen LogP contribution in [0.1, 0.15) is 27.7 Å². The van der Waals surface area contributed by atoms with E-state index >= 15 is 0 Å². The van der Waals surface area contributed by atoms with Gasteiger partial charge in [0.15, 0.2) is 5.90 Å². The van der Waals surface area contributed by atoms with Crippen molar-refractivity contribution in [2.75, 3.05) is 5.88 Å². The lowest BCUT2D eigenvalue weighted by Gasteiger charge is -2.21. The Bertz CT molecular complexity index is 201. The van der Waals surface area contributed by atoms with Gasteiger partial charge >= 0.3 is 0 Å². The molecule has 0 saturated carbocycles. The molecule has 2 atom stereocenters. The third kappa shape index (κ3) is 1.74. The van der Waals surface area contributed by atoms with E-state index in [1.165, 1.54) is 0 Å². The van der Waals surface area contributed by atoms with Gasteiger partial charge < -0.3 is 4.74 Å². The third-order valence-corrected chi connectivity index (χ3v) is 2.88. The SMILES string of the molecule is CC1N=C(C(C)(C)CCl)OC1C. The van der Waals surface area contributed by atoms with Crippen molar-refractivity contribution < 1.29 is 4.74 Å². The highest BCUT2D eigenvalue weighted by Crippen LogP contribution is 2.27. The van der Waals surface area contributed by atoms with Crippen molar-refractivity contribution in [2.24, 2.45) is 10.4 Å². The Morgan fingerprint density at radius 2 is 2.08 bits per heavy atom. The molecule has 12 heavy (non-hydrogen) atoms. The maximum atomic E-state index is 5.81. The first-order chi connectivity index (χ1) is 5.47. The number of hydrogen-bond acceptors (Lipinski definition) is 2. The second-order valence-corrected chi connectivity index (χ2v) is 4.28. The van der Waals surface area contributed by atoms with E-state index in [1.54, 1.807) is 0 Å². The predicted molar refractivity (Wildman–Crippen MR) is 51.9 cm³/mol. The summed E-state index contributed by atoms with van der Waals surface area (Å²) in [5.74, 6) is 1.35. The molecule has 1 aliphatic heterocycles. The van der Waals surface area contributed by atoms with Crippen LogP contribution in [-0.4, -0.2) is 23.9 Å². The van der Waals surface area contributed by atoms with Gasteiger partial charge in [-0.05, 0) is 27.7 Å². The molecule has 0 bridgehead atoms. The molecule has 2 unspecified atom stereocenters. The first kappa shape index (κ1) is 9.85. The molecule has 0 fully saturated rings. The summed E-state index contributed by atoms with van der Waals surface area (Å²) in [5, 5.41) is 0. The molecule has 70 valence electrons. The van der Waals surface area contributed by atoms with E-state index in [9.17, 15) is 0 Å². The molecule has 0 amide bonds. The Morgan fingerprint density at radius 1 is 1.50 bits per heavy atom. The smallest absolute Gasteiger partial charge is 0.191 e. The van der Waals surface area contributed by atoms with Gasteiger partial charge in [0.05, 0.1) is 11.5 Å². The van der Waals surface area contributed by atoms with E-state index in [1.807, 2.05) is 20.8 Å². The number of ether oxygens (including phenoxy) is 1. The second-order valence-electron chi connectivity index (χ2n) is 4.02. The highest BCUT2D eigenvalue weighted by molar-refractivity contribution is 6.19. The molecular weight excluding hydrogens is 174 g/mol. The molecular formula is C9H16ClNO. The molecule has 0 aliphatic carbocycles. The molecule has 1 heterocycles. The van der Waals surface area contributed by atoms with Gasteiger partial charge in [0.25, 0.3) is 0 Å². The first-order valence-corrected chi connectivity index (χ1v) is 4.82. The minimum Gasteiger partial charge on any atom is -0.475 e. The fraction of sp³-hybridized carbons (Fsp3) is 0.889. The van der Waals surface area contributed by atoms with Crippen molar-refractivity contribution in [1.29, 1.82) is 0 Å². The van der Waals surface area contributed by atoms with E-state index in [4.69, 9.17) is 16.3 Å². The van der Waals surface area contributed by atoms with Crippen LogP contribution in [0.4, 0.5) is 0 Å². The quantitative estimate of drug-likeness (QED) is 0.612. The maximum absolute atomic E-state index is 5.81. The molecule has 0 spiro atoms. The lowest BCUT2D eigenvalue weighted by atomic mass is 9.96. The molecule has 0 aromatic rings. The van der Waals surface area contributed by atoms with Crippen LogP contribution in [0.25, 0.3) is 0 Å². The van der Waals surface area contributed by atoms with E-state index in [0.29, 0.717) is 5.88 Å². The Balaban J connectivity index is 2.73. The van der Waals surface area contributed by atoms with Crippen molar-refractivity contribution in [1.82, 2.24) is 0 Å². The molecule has 0 saturated heterocycles. The number of nitrogens with zero attached hydrogens (tertiary/aromatic N) is 1. The molecule has 0 aromatic heterocycles. The normalized spacial score (nSPS) is 29.9. The lowest BCUT2D eigenvalue weighted by molar-refractivity contribution is 0.197. The van der Waals surface area contributed by atoms with Crippen LogP contribution in [0.3, 0.4) is 0 Å². The summed E-state index contributed by atoms with van der Waals surface area (Å²) in [6, 6.07) is 0.266. The van der Waals surface area contributed by atoms with E-state index < -0.39 is 0 Å². The highest BCUT2D eigenvalue weighted by Gasteiger charge is 2.33. The van der Waals surface area contributed by atoms with Crippen LogP contribution in [-0.2, 0) is 4.74 Å². The summed E-state index contributed by atoms with van der Waals surface area (Å²) in [7, 11) is 0. The lowest BCUT2D eigenvalue weighted by Crippen LogP contribution is -2.27. The average molecular weight is 190 g/mol. The van der Waals surface area contributed by atoms with Crippen LogP contribution in [0.2, 0.25) is 0 Å². The Kier molecular flexibility index (Phi) is 2.67. The zero-order chi connectivity index (χ0) is 9.35. The van der Waals surface area contributed by atoms with Crippen molar-refractivity contribution in [3.63, 3.8) is 0 Å². The number of aliphatic imine (C=N–C) groups is 1. The zero-order valence-electron chi connectivity index (χ0n) is 8.10. The van der Waals surface area contributed by atoms with E-state index in [-0.39, 0.29) is 17.6 Å². The third-order valence-electron chi connectivity index (χ3n) is 2.21. The van der Waals surface area contributed by atoms with Gasteiger partial charge in [-0.3, -0.25) is 0 Å². The monoisotopic (exact) mass is 189 g/mol. The number of alkyl halides is 1. The Labute approximate surface area is 79.0 Å². The minimum absolute atomic E-state index is 0.124. The summed E-state index contributed by atoms with van der Waals surface area (Å²) in [5.41, 5.74) is -0.124. The Morgan fingerprint density at radius 3 is 2.42 bits per heavy atom. The van der Waals surface area contributed by atoms with Gasteiger partial charge in [0.1, 0.15) is 6.10 Å². The molecule has 2 nitrogen and oxygen atoms in total. The molecule has 1 rings (SSSR count). The summed E-state index contributed by atoms with van der Waals surface area (Å²) < 4.78 is 5.59. The van der Waals surface area contributed by atoms with E-state index in [0.717, 1.165) is 5.90 Å². The molecule has 0 N–H and O–H groups in total. The van der Waals surface area contributed by atoms with Crippen LogP contribution in [0.5, 0.6) is 0 Å². The van der Waals surface area contributed by atoms with Gasteiger partial charge in [-0.25, -0.2) is 4.99 Å². The highest BCUT2D eigenvalue weighted by atomic mass is 35.5. The summed E-state index contributed by atoms with van der Waals surface area (Å²) in [6.07, 6.45) is 0.197. The second kappa shape index (κ2) is 3.25. The van der Waals surface area contributed by atoms with Gasteiger partial charge in [-0.15, -0.1) is 11.6 Å². The van der Waals surface area contributed by atoms with Crippen LogP contribution < -0.4 is 0 Å².